The second kappa shape index (κ2) is 13.0. The zero-order valence-electron chi connectivity index (χ0n) is 15.7. The van der Waals surface area contributed by atoms with Crippen LogP contribution in [0, 0.1) is 0 Å². The summed E-state index contributed by atoms with van der Waals surface area (Å²) in [5, 5.41) is 3.68. The second-order valence-corrected chi connectivity index (χ2v) is 6.36. The number of unbranched alkanes of at least 4 members (excludes halogenated alkanes) is 4. The van der Waals surface area contributed by atoms with Crippen molar-refractivity contribution in [1.29, 1.82) is 0 Å². The molecule has 5 heteroatoms. The van der Waals surface area contributed by atoms with Crippen molar-refractivity contribution in [2.24, 2.45) is 0 Å². The summed E-state index contributed by atoms with van der Waals surface area (Å²) in [6, 6.07) is 0.608. The van der Waals surface area contributed by atoms with Crippen LogP contribution in [0.4, 0.5) is 0 Å². The predicted molar refractivity (Wildman–Crippen MR) is 98.3 cm³/mol. The molecule has 0 aliphatic rings. The number of carbonyl (C=O) groups excluding carboxylic acids is 1. The smallest absolute Gasteiger partial charge is 0.358 e. The Labute approximate surface area is 147 Å². The number of hydrogen-bond donors (Lipinski definition) is 1. The van der Waals surface area contributed by atoms with E-state index in [-0.39, 0.29) is 5.97 Å². The molecule has 0 spiro atoms. The molecule has 24 heavy (non-hydrogen) atoms. The maximum absolute atomic E-state index is 11.6. The highest BCUT2D eigenvalue weighted by Crippen LogP contribution is 2.11. The maximum Gasteiger partial charge on any atom is 0.358 e. The van der Waals surface area contributed by atoms with Crippen molar-refractivity contribution in [3.63, 3.8) is 0 Å². The average Bonchev–Trinajstić information content (AvgIpc) is 3.04. The molecule has 0 saturated carbocycles. The van der Waals surface area contributed by atoms with Gasteiger partial charge in [0.1, 0.15) is 0 Å². The van der Waals surface area contributed by atoms with Crippen LogP contribution in [-0.2, 0) is 11.3 Å². The molecule has 0 aromatic carbocycles. The lowest BCUT2D eigenvalue weighted by atomic mass is 10.0. The van der Waals surface area contributed by atoms with Crippen LogP contribution in [0.3, 0.4) is 0 Å². The maximum atomic E-state index is 11.6. The Balaban J connectivity index is 2.35. The van der Waals surface area contributed by atoms with Crippen LogP contribution in [0.15, 0.2) is 12.5 Å². The van der Waals surface area contributed by atoms with Gasteiger partial charge in [-0.1, -0.05) is 52.4 Å². The lowest BCUT2D eigenvalue weighted by Crippen LogP contribution is -2.31. The van der Waals surface area contributed by atoms with Gasteiger partial charge >= 0.3 is 5.97 Å². The van der Waals surface area contributed by atoms with Crippen LogP contribution >= 0.6 is 0 Å². The first-order valence-electron chi connectivity index (χ1n) is 9.63. The van der Waals surface area contributed by atoms with Gasteiger partial charge < -0.3 is 14.6 Å². The van der Waals surface area contributed by atoms with Crippen molar-refractivity contribution in [1.82, 2.24) is 14.9 Å². The molecular weight excluding hydrogens is 302 g/mol. The zero-order chi connectivity index (χ0) is 17.6. The number of hydrogen-bond acceptors (Lipinski definition) is 4. The van der Waals surface area contributed by atoms with Crippen LogP contribution in [-0.4, -0.2) is 34.7 Å². The van der Waals surface area contributed by atoms with Crippen molar-refractivity contribution in [3.8, 4) is 0 Å². The molecule has 0 radical (unpaired) electrons. The third-order valence-corrected chi connectivity index (χ3v) is 4.23. The van der Waals surface area contributed by atoms with Crippen LogP contribution in [0.1, 0.15) is 82.6 Å². The molecule has 0 amide bonds. The first-order chi connectivity index (χ1) is 11.7. The van der Waals surface area contributed by atoms with Gasteiger partial charge in [-0.3, -0.25) is 0 Å². The Kier molecular flexibility index (Phi) is 11.2. The highest BCUT2D eigenvalue weighted by molar-refractivity contribution is 5.86. The molecular formula is C19H35N3O2. The third-order valence-electron chi connectivity index (χ3n) is 4.23. The monoisotopic (exact) mass is 337 g/mol. The molecule has 0 atom stereocenters. The summed E-state index contributed by atoms with van der Waals surface area (Å²) in [7, 11) is 0. The number of carbonyl (C=O) groups is 1. The molecule has 138 valence electrons. The Morgan fingerprint density at radius 1 is 1.17 bits per heavy atom. The quantitative estimate of drug-likeness (QED) is 0.409. The Morgan fingerprint density at radius 3 is 2.42 bits per heavy atom. The van der Waals surface area contributed by atoms with Crippen molar-refractivity contribution < 1.29 is 9.53 Å². The van der Waals surface area contributed by atoms with E-state index in [0.717, 1.165) is 13.1 Å². The van der Waals surface area contributed by atoms with Gasteiger partial charge in [-0.2, -0.15) is 0 Å². The standard InChI is InChI=1S/C19H35N3O2/c1-4-7-9-11-17(12-10-8-5-2)20-13-14-22-15-18(21-16-22)19(23)24-6-3/h15-17,20H,4-14H2,1-3H3. The number of esters is 1. The summed E-state index contributed by atoms with van der Waals surface area (Å²) >= 11 is 0. The predicted octanol–water partition coefficient (Wildman–Crippen LogP) is 4.18. The zero-order valence-corrected chi connectivity index (χ0v) is 15.7. The average molecular weight is 338 g/mol. The van der Waals surface area contributed by atoms with Crippen LogP contribution in [0.2, 0.25) is 0 Å². The van der Waals surface area contributed by atoms with E-state index in [1.54, 1.807) is 19.4 Å². The fraction of sp³-hybridized carbons (Fsp3) is 0.789. The minimum atomic E-state index is -0.346. The summed E-state index contributed by atoms with van der Waals surface area (Å²) < 4.78 is 6.92. The molecule has 0 bridgehead atoms. The van der Waals surface area contributed by atoms with Gasteiger partial charge in [0.15, 0.2) is 5.69 Å². The molecule has 0 aliphatic carbocycles. The van der Waals surface area contributed by atoms with Gasteiger partial charge in [0, 0.05) is 25.3 Å². The van der Waals surface area contributed by atoms with E-state index < -0.39 is 0 Å². The fourth-order valence-corrected chi connectivity index (χ4v) is 2.82. The van der Waals surface area contributed by atoms with E-state index in [0.29, 0.717) is 18.3 Å². The SMILES string of the molecule is CCCCCC(CCCCC)NCCn1cnc(C(=O)OCC)c1. The van der Waals surface area contributed by atoms with Crippen LogP contribution in [0.5, 0.6) is 0 Å². The molecule has 0 unspecified atom stereocenters. The minimum absolute atomic E-state index is 0.346. The van der Waals surface area contributed by atoms with Crippen molar-refractivity contribution in [2.45, 2.75) is 84.7 Å². The lowest BCUT2D eigenvalue weighted by Gasteiger charge is -2.19. The summed E-state index contributed by atoms with van der Waals surface area (Å²) in [6.45, 7) is 8.41. The van der Waals surface area contributed by atoms with Crippen molar-refractivity contribution in [3.05, 3.63) is 18.2 Å². The number of aromatic nitrogens is 2. The first-order valence-corrected chi connectivity index (χ1v) is 9.63. The van der Waals surface area contributed by atoms with E-state index in [1.165, 1.54) is 51.4 Å². The molecule has 0 saturated heterocycles. The van der Waals surface area contributed by atoms with E-state index in [2.05, 4.69) is 24.1 Å². The highest BCUT2D eigenvalue weighted by Gasteiger charge is 2.11. The number of ether oxygens (including phenoxy) is 1. The summed E-state index contributed by atoms with van der Waals surface area (Å²) in [4.78, 5) is 15.7. The first kappa shape index (κ1) is 20.7. The topological polar surface area (TPSA) is 56.2 Å². The van der Waals surface area contributed by atoms with Gasteiger partial charge in [0.2, 0.25) is 0 Å². The lowest BCUT2D eigenvalue weighted by molar-refractivity contribution is 0.0520. The van der Waals surface area contributed by atoms with E-state index in [1.807, 2.05) is 4.57 Å². The van der Waals surface area contributed by atoms with Gasteiger partial charge in [-0.15, -0.1) is 0 Å². The Bertz CT molecular complexity index is 436. The number of nitrogens with one attached hydrogen (secondary N) is 1. The molecule has 5 nitrogen and oxygen atoms in total. The van der Waals surface area contributed by atoms with E-state index in [9.17, 15) is 4.79 Å². The van der Waals surface area contributed by atoms with Crippen LogP contribution in [0.25, 0.3) is 0 Å². The number of nitrogens with zero attached hydrogens (tertiary/aromatic N) is 2. The fourth-order valence-electron chi connectivity index (χ4n) is 2.82. The van der Waals surface area contributed by atoms with Crippen molar-refractivity contribution >= 4 is 5.97 Å². The van der Waals surface area contributed by atoms with E-state index in [4.69, 9.17) is 4.74 Å². The molecule has 0 fully saturated rings. The number of imidazole rings is 1. The molecule has 1 aromatic rings. The summed E-state index contributed by atoms with van der Waals surface area (Å²) in [5.74, 6) is -0.346. The largest absolute Gasteiger partial charge is 0.461 e. The Hall–Kier alpha value is -1.36. The molecule has 1 aromatic heterocycles. The minimum Gasteiger partial charge on any atom is -0.461 e. The number of rotatable bonds is 14. The second-order valence-electron chi connectivity index (χ2n) is 6.36. The van der Waals surface area contributed by atoms with E-state index >= 15 is 0 Å². The van der Waals surface area contributed by atoms with Crippen molar-refractivity contribution in [2.75, 3.05) is 13.2 Å². The Morgan fingerprint density at radius 2 is 1.83 bits per heavy atom. The molecule has 1 N–H and O–H groups in total. The van der Waals surface area contributed by atoms with Gasteiger partial charge in [0.25, 0.3) is 0 Å². The summed E-state index contributed by atoms with van der Waals surface area (Å²) in [5.41, 5.74) is 0.388. The van der Waals surface area contributed by atoms with Crippen LogP contribution < -0.4 is 5.32 Å². The normalized spacial score (nSPS) is 11.2. The van der Waals surface area contributed by atoms with Gasteiger partial charge in [0.05, 0.1) is 12.9 Å². The third kappa shape index (κ3) is 8.48. The van der Waals surface area contributed by atoms with Gasteiger partial charge in [-0.25, -0.2) is 9.78 Å². The highest BCUT2D eigenvalue weighted by atomic mass is 16.5. The van der Waals surface area contributed by atoms with Gasteiger partial charge in [-0.05, 0) is 19.8 Å². The molecule has 1 rings (SSSR count). The summed E-state index contributed by atoms with van der Waals surface area (Å²) in [6.07, 6.45) is 13.8. The molecule has 0 aliphatic heterocycles. The molecule has 1 heterocycles.